The van der Waals surface area contributed by atoms with Crippen LogP contribution in [0.3, 0.4) is 0 Å². The maximum Gasteiger partial charge on any atom is 0.255 e. The molecule has 0 saturated carbocycles. The first-order valence-corrected chi connectivity index (χ1v) is 10.7. The number of benzene rings is 1. The maximum atomic E-state index is 13.2. The molecule has 1 aromatic rings. The van der Waals surface area contributed by atoms with Crippen molar-refractivity contribution in [2.45, 2.75) is 51.2 Å². The van der Waals surface area contributed by atoms with Crippen molar-refractivity contribution < 1.29 is 14.4 Å². The smallest absolute Gasteiger partial charge is 0.255 e. The molecule has 0 aromatic heterocycles. The van der Waals surface area contributed by atoms with E-state index < -0.39 is 6.04 Å². The summed E-state index contributed by atoms with van der Waals surface area (Å²) in [6, 6.07) is 5.50. The molecule has 0 bridgehead atoms. The molecule has 4 aliphatic heterocycles. The Morgan fingerprint density at radius 3 is 2.86 bits per heavy atom. The molecule has 154 valence electrons. The summed E-state index contributed by atoms with van der Waals surface area (Å²) in [6.07, 6.45) is 4.43. The lowest BCUT2D eigenvalue weighted by Gasteiger charge is -2.34. The highest BCUT2D eigenvalue weighted by atomic mass is 16.2. The second kappa shape index (κ2) is 7.22. The largest absolute Gasteiger partial charge is 0.322 e. The van der Waals surface area contributed by atoms with Crippen LogP contribution in [0.4, 0.5) is 0 Å². The van der Waals surface area contributed by atoms with Gasteiger partial charge in [-0.1, -0.05) is 18.2 Å². The van der Waals surface area contributed by atoms with Gasteiger partial charge in [0.05, 0.1) is 0 Å². The summed E-state index contributed by atoms with van der Waals surface area (Å²) in [7, 11) is 0. The third kappa shape index (κ3) is 3.36. The number of nitrogens with zero attached hydrogens (tertiary/aromatic N) is 2. The van der Waals surface area contributed by atoms with Gasteiger partial charge in [-0.15, -0.1) is 0 Å². The predicted molar refractivity (Wildman–Crippen MR) is 107 cm³/mol. The zero-order valence-corrected chi connectivity index (χ0v) is 16.7. The van der Waals surface area contributed by atoms with Crippen molar-refractivity contribution in [1.29, 1.82) is 0 Å². The second-order valence-corrected chi connectivity index (χ2v) is 9.09. The van der Waals surface area contributed by atoms with E-state index in [9.17, 15) is 14.4 Å². The van der Waals surface area contributed by atoms with Crippen LogP contribution in [0.15, 0.2) is 18.2 Å². The molecule has 3 amide bonds. The van der Waals surface area contributed by atoms with Gasteiger partial charge in [0.1, 0.15) is 6.04 Å². The van der Waals surface area contributed by atoms with E-state index in [0.29, 0.717) is 18.4 Å². The van der Waals surface area contributed by atoms with Gasteiger partial charge < -0.3 is 10.2 Å². The lowest BCUT2D eigenvalue weighted by molar-refractivity contribution is -0.136. The molecule has 0 radical (unpaired) electrons. The molecule has 7 nitrogen and oxygen atoms in total. The molecule has 1 aromatic carbocycles. The molecule has 3 saturated heterocycles. The van der Waals surface area contributed by atoms with E-state index in [-0.39, 0.29) is 24.1 Å². The SMILES string of the molecule is O=C1CCC(N2Cc3cccc(CN4CCC5(CCCNC5)C4)c3C2=O)C(=O)N1. The number of rotatable bonds is 3. The number of amides is 3. The summed E-state index contributed by atoms with van der Waals surface area (Å²) in [4.78, 5) is 41.1. The Kier molecular flexibility index (Phi) is 4.67. The molecular formula is C22H28N4O3. The number of imide groups is 1. The Morgan fingerprint density at radius 2 is 2.07 bits per heavy atom. The van der Waals surface area contributed by atoms with E-state index in [2.05, 4.69) is 21.6 Å². The van der Waals surface area contributed by atoms with Crippen molar-refractivity contribution in [3.8, 4) is 0 Å². The zero-order chi connectivity index (χ0) is 20.0. The summed E-state index contributed by atoms with van der Waals surface area (Å²) >= 11 is 0. The van der Waals surface area contributed by atoms with E-state index >= 15 is 0 Å². The third-order valence-corrected chi connectivity index (χ3v) is 7.11. The van der Waals surface area contributed by atoms with Gasteiger partial charge in [-0.25, -0.2) is 0 Å². The summed E-state index contributed by atoms with van der Waals surface area (Å²) in [5.74, 6) is -0.676. The fourth-order valence-electron chi connectivity index (χ4n) is 5.60. The topological polar surface area (TPSA) is 81.8 Å². The molecule has 2 N–H and O–H groups in total. The van der Waals surface area contributed by atoms with Gasteiger partial charge in [-0.05, 0) is 55.3 Å². The number of piperidine rings is 2. The molecule has 3 fully saturated rings. The first-order chi connectivity index (χ1) is 14.0. The number of carbonyl (C=O) groups excluding carboxylic acids is 3. The van der Waals surface area contributed by atoms with Gasteiger partial charge in [-0.3, -0.25) is 24.6 Å². The highest BCUT2D eigenvalue weighted by Crippen LogP contribution is 2.38. The molecule has 2 atom stereocenters. The van der Waals surface area contributed by atoms with Crippen LogP contribution in [0.1, 0.15) is 53.6 Å². The molecule has 2 unspecified atom stereocenters. The average Bonchev–Trinajstić information content (AvgIpc) is 3.24. The first kappa shape index (κ1) is 18.8. The van der Waals surface area contributed by atoms with Gasteiger partial charge in [0.15, 0.2) is 0 Å². The zero-order valence-electron chi connectivity index (χ0n) is 16.7. The van der Waals surface area contributed by atoms with E-state index in [0.717, 1.165) is 49.4 Å². The minimum Gasteiger partial charge on any atom is -0.322 e. The van der Waals surface area contributed by atoms with Crippen LogP contribution in [0, 0.1) is 5.41 Å². The van der Waals surface area contributed by atoms with Crippen LogP contribution < -0.4 is 10.6 Å². The van der Waals surface area contributed by atoms with Crippen LogP contribution >= 0.6 is 0 Å². The fourth-order valence-corrected chi connectivity index (χ4v) is 5.60. The molecule has 5 rings (SSSR count). The average molecular weight is 396 g/mol. The number of fused-ring (bicyclic) bond motifs is 1. The summed E-state index contributed by atoms with van der Waals surface area (Å²) in [6.45, 7) is 5.59. The van der Waals surface area contributed by atoms with E-state index in [1.54, 1.807) is 4.90 Å². The first-order valence-electron chi connectivity index (χ1n) is 10.7. The standard InChI is InChI=1S/C22H28N4O3/c27-18-6-5-17(20(28)24-18)26-12-16-4-1-3-15(19(16)21(26)29)11-25-10-8-22(14-25)7-2-9-23-13-22/h1,3-4,17,23H,2,5-14H2,(H,24,27,28). The molecular weight excluding hydrogens is 368 g/mol. The number of hydrogen-bond donors (Lipinski definition) is 2. The Hall–Kier alpha value is -2.25. The number of carbonyl (C=O) groups is 3. The molecule has 0 aliphatic carbocycles. The number of likely N-dealkylation sites (tertiary alicyclic amines) is 1. The van der Waals surface area contributed by atoms with Crippen LogP contribution in [-0.4, -0.2) is 59.7 Å². The highest BCUT2D eigenvalue weighted by molar-refractivity contribution is 6.05. The Labute approximate surface area is 170 Å². The summed E-state index contributed by atoms with van der Waals surface area (Å²) in [5, 5.41) is 5.92. The van der Waals surface area contributed by atoms with Crippen molar-refractivity contribution in [2.75, 3.05) is 26.2 Å². The van der Waals surface area contributed by atoms with Gasteiger partial charge in [0, 0.05) is 38.2 Å². The molecule has 1 spiro atoms. The van der Waals surface area contributed by atoms with Crippen molar-refractivity contribution in [2.24, 2.45) is 5.41 Å². The quantitative estimate of drug-likeness (QED) is 0.746. The van der Waals surface area contributed by atoms with Crippen molar-refractivity contribution in [3.63, 3.8) is 0 Å². The van der Waals surface area contributed by atoms with Crippen molar-refractivity contribution >= 4 is 17.7 Å². The summed E-state index contributed by atoms with van der Waals surface area (Å²) in [5.41, 5.74) is 3.20. The van der Waals surface area contributed by atoms with Crippen LogP contribution in [0.2, 0.25) is 0 Å². The van der Waals surface area contributed by atoms with Crippen molar-refractivity contribution in [1.82, 2.24) is 20.4 Å². The van der Waals surface area contributed by atoms with E-state index in [4.69, 9.17) is 0 Å². The van der Waals surface area contributed by atoms with Gasteiger partial charge in [0.2, 0.25) is 11.8 Å². The van der Waals surface area contributed by atoms with E-state index in [1.165, 1.54) is 19.3 Å². The fraction of sp³-hybridized carbons (Fsp3) is 0.591. The Balaban J connectivity index is 1.33. The van der Waals surface area contributed by atoms with Gasteiger partial charge in [-0.2, -0.15) is 0 Å². The van der Waals surface area contributed by atoms with Crippen LogP contribution in [0.5, 0.6) is 0 Å². The van der Waals surface area contributed by atoms with Crippen molar-refractivity contribution in [3.05, 3.63) is 34.9 Å². The predicted octanol–water partition coefficient (Wildman–Crippen LogP) is 1.02. The lowest BCUT2D eigenvalue weighted by atomic mass is 9.80. The summed E-state index contributed by atoms with van der Waals surface area (Å²) < 4.78 is 0. The Morgan fingerprint density at radius 1 is 1.17 bits per heavy atom. The van der Waals surface area contributed by atoms with Crippen LogP contribution in [0.25, 0.3) is 0 Å². The Bertz CT molecular complexity index is 862. The highest BCUT2D eigenvalue weighted by Gasteiger charge is 2.42. The maximum absolute atomic E-state index is 13.2. The monoisotopic (exact) mass is 396 g/mol. The normalized spacial score (nSPS) is 30.1. The molecule has 4 heterocycles. The minimum absolute atomic E-state index is 0.0710. The van der Waals surface area contributed by atoms with E-state index in [1.807, 2.05) is 12.1 Å². The lowest BCUT2D eigenvalue weighted by Crippen LogP contribution is -2.52. The minimum atomic E-state index is -0.552. The molecule has 4 aliphatic rings. The van der Waals surface area contributed by atoms with Gasteiger partial charge >= 0.3 is 0 Å². The van der Waals surface area contributed by atoms with Crippen LogP contribution in [-0.2, 0) is 22.7 Å². The number of hydrogen-bond acceptors (Lipinski definition) is 5. The third-order valence-electron chi connectivity index (χ3n) is 7.11. The molecule has 29 heavy (non-hydrogen) atoms. The molecule has 7 heteroatoms. The second-order valence-electron chi connectivity index (χ2n) is 9.09. The number of nitrogens with one attached hydrogen (secondary N) is 2. The van der Waals surface area contributed by atoms with Gasteiger partial charge in [0.25, 0.3) is 5.91 Å².